The van der Waals surface area contributed by atoms with E-state index in [9.17, 15) is 8.42 Å². The van der Waals surface area contributed by atoms with Crippen molar-refractivity contribution in [3.8, 4) is 6.07 Å². The summed E-state index contributed by atoms with van der Waals surface area (Å²) in [5.41, 5.74) is 2.97. The highest BCUT2D eigenvalue weighted by Crippen LogP contribution is 2.20. The number of aryl methyl sites for hydroxylation is 3. The smallest absolute Gasteiger partial charge is 0.261 e. The molecule has 0 bridgehead atoms. The fourth-order valence-electron chi connectivity index (χ4n) is 1.93. The Kier molecular flexibility index (Phi) is 3.96. The van der Waals surface area contributed by atoms with Crippen LogP contribution < -0.4 is 4.72 Å². The summed E-state index contributed by atoms with van der Waals surface area (Å²) in [7, 11) is -3.70. The standard InChI is InChI=1S/C15H15N3O2S/c1-10-8-14(6-5-13(10)9-16)21(19,20)18-15-7-4-11(2)17-12(15)3/h4-8,18H,1-3H3. The first-order chi connectivity index (χ1) is 9.83. The highest BCUT2D eigenvalue weighted by Gasteiger charge is 2.16. The summed E-state index contributed by atoms with van der Waals surface area (Å²) in [6, 6.07) is 9.85. The van der Waals surface area contributed by atoms with Crippen molar-refractivity contribution in [3.05, 3.63) is 52.8 Å². The third-order valence-corrected chi connectivity index (χ3v) is 4.46. The largest absolute Gasteiger partial charge is 0.278 e. The molecule has 0 aliphatic carbocycles. The van der Waals surface area contributed by atoms with Gasteiger partial charge in [-0.3, -0.25) is 9.71 Å². The number of aromatic nitrogens is 1. The van der Waals surface area contributed by atoms with E-state index in [4.69, 9.17) is 5.26 Å². The molecule has 6 heteroatoms. The number of rotatable bonds is 3. The van der Waals surface area contributed by atoms with Crippen LogP contribution in [-0.2, 0) is 10.0 Å². The number of nitrogens with one attached hydrogen (secondary N) is 1. The second-order valence-electron chi connectivity index (χ2n) is 4.78. The molecule has 2 aromatic rings. The lowest BCUT2D eigenvalue weighted by Crippen LogP contribution is -2.14. The molecule has 0 amide bonds. The van der Waals surface area contributed by atoms with Crippen molar-refractivity contribution < 1.29 is 8.42 Å². The summed E-state index contributed by atoms with van der Waals surface area (Å²) in [5, 5.41) is 8.89. The Morgan fingerprint density at radius 1 is 1.14 bits per heavy atom. The average molecular weight is 301 g/mol. The predicted octanol–water partition coefficient (Wildman–Crippen LogP) is 2.68. The fourth-order valence-corrected chi connectivity index (χ4v) is 3.13. The van der Waals surface area contributed by atoms with Gasteiger partial charge in [0.1, 0.15) is 0 Å². The van der Waals surface area contributed by atoms with Gasteiger partial charge in [0.05, 0.1) is 27.9 Å². The second-order valence-corrected chi connectivity index (χ2v) is 6.46. The molecular formula is C15H15N3O2S. The lowest BCUT2D eigenvalue weighted by molar-refractivity contribution is 0.601. The molecular weight excluding hydrogens is 286 g/mol. The fraction of sp³-hybridized carbons (Fsp3) is 0.200. The molecule has 0 spiro atoms. The first-order valence-corrected chi connectivity index (χ1v) is 7.79. The van der Waals surface area contributed by atoms with Gasteiger partial charge in [-0.2, -0.15) is 5.26 Å². The summed E-state index contributed by atoms with van der Waals surface area (Å²) in [6.45, 7) is 5.29. The van der Waals surface area contributed by atoms with Gasteiger partial charge >= 0.3 is 0 Å². The predicted molar refractivity (Wildman–Crippen MR) is 80.4 cm³/mol. The number of nitrogens with zero attached hydrogens (tertiary/aromatic N) is 2. The molecule has 0 unspecified atom stereocenters. The molecule has 2 rings (SSSR count). The first-order valence-electron chi connectivity index (χ1n) is 6.31. The molecule has 0 saturated heterocycles. The lowest BCUT2D eigenvalue weighted by atomic mass is 10.1. The van der Waals surface area contributed by atoms with Crippen LogP contribution in [-0.4, -0.2) is 13.4 Å². The van der Waals surface area contributed by atoms with Crippen LogP contribution in [0.25, 0.3) is 0 Å². The molecule has 0 aliphatic rings. The zero-order chi connectivity index (χ0) is 15.6. The zero-order valence-corrected chi connectivity index (χ0v) is 12.8. The van der Waals surface area contributed by atoms with Gasteiger partial charge in [-0.1, -0.05) is 0 Å². The number of nitriles is 1. The van der Waals surface area contributed by atoms with E-state index >= 15 is 0 Å². The van der Waals surface area contributed by atoms with Crippen molar-refractivity contribution in [1.82, 2.24) is 4.98 Å². The molecule has 1 aromatic heterocycles. The maximum atomic E-state index is 12.4. The average Bonchev–Trinajstić information content (AvgIpc) is 2.42. The van der Waals surface area contributed by atoms with E-state index in [1.54, 1.807) is 26.0 Å². The zero-order valence-electron chi connectivity index (χ0n) is 12.0. The monoisotopic (exact) mass is 301 g/mol. The Bertz CT molecular complexity index is 836. The topological polar surface area (TPSA) is 82.9 Å². The number of anilines is 1. The lowest BCUT2D eigenvalue weighted by Gasteiger charge is -2.11. The van der Waals surface area contributed by atoms with Crippen LogP contribution in [0.15, 0.2) is 35.2 Å². The van der Waals surface area contributed by atoms with Crippen molar-refractivity contribution in [1.29, 1.82) is 5.26 Å². The molecule has 0 radical (unpaired) electrons. The van der Waals surface area contributed by atoms with E-state index in [0.29, 0.717) is 22.5 Å². The number of pyridine rings is 1. The van der Waals surface area contributed by atoms with Gasteiger partial charge in [0.2, 0.25) is 0 Å². The summed E-state index contributed by atoms with van der Waals surface area (Å²) in [5.74, 6) is 0. The van der Waals surface area contributed by atoms with Gasteiger partial charge < -0.3 is 0 Å². The van der Waals surface area contributed by atoms with Crippen molar-refractivity contribution >= 4 is 15.7 Å². The maximum Gasteiger partial charge on any atom is 0.261 e. The van der Waals surface area contributed by atoms with Crippen LogP contribution in [0.5, 0.6) is 0 Å². The summed E-state index contributed by atoms with van der Waals surface area (Å²) >= 11 is 0. The van der Waals surface area contributed by atoms with E-state index in [2.05, 4.69) is 9.71 Å². The molecule has 5 nitrogen and oxygen atoms in total. The molecule has 1 aromatic carbocycles. The van der Waals surface area contributed by atoms with Gasteiger partial charge in [-0.25, -0.2) is 8.42 Å². The number of hydrogen-bond donors (Lipinski definition) is 1. The molecule has 108 valence electrons. The minimum atomic E-state index is -3.70. The molecule has 1 N–H and O–H groups in total. The molecule has 1 heterocycles. The van der Waals surface area contributed by atoms with Crippen molar-refractivity contribution in [2.24, 2.45) is 0 Å². The van der Waals surface area contributed by atoms with Gasteiger partial charge in [0, 0.05) is 5.69 Å². The molecule has 0 saturated carbocycles. The van der Waals surface area contributed by atoms with E-state index in [1.807, 2.05) is 13.0 Å². The Morgan fingerprint density at radius 3 is 2.43 bits per heavy atom. The summed E-state index contributed by atoms with van der Waals surface area (Å²) < 4.78 is 27.3. The first kappa shape index (κ1) is 15.0. The van der Waals surface area contributed by atoms with E-state index in [1.165, 1.54) is 18.2 Å². The third-order valence-electron chi connectivity index (χ3n) is 3.10. The van der Waals surface area contributed by atoms with Crippen molar-refractivity contribution in [3.63, 3.8) is 0 Å². The van der Waals surface area contributed by atoms with Crippen LogP contribution in [0.4, 0.5) is 5.69 Å². The van der Waals surface area contributed by atoms with Crippen LogP contribution in [0.2, 0.25) is 0 Å². The van der Waals surface area contributed by atoms with Crippen LogP contribution in [0.1, 0.15) is 22.5 Å². The van der Waals surface area contributed by atoms with E-state index in [-0.39, 0.29) is 4.90 Å². The Hall–Kier alpha value is -2.39. The Labute approximate surface area is 124 Å². The minimum Gasteiger partial charge on any atom is -0.278 e. The van der Waals surface area contributed by atoms with Crippen LogP contribution in [0, 0.1) is 32.1 Å². The summed E-state index contributed by atoms with van der Waals surface area (Å²) in [4.78, 5) is 4.35. The molecule has 0 atom stereocenters. The minimum absolute atomic E-state index is 0.124. The second kappa shape index (κ2) is 5.54. The van der Waals surface area contributed by atoms with Crippen molar-refractivity contribution in [2.45, 2.75) is 25.7 Å². The quantitative estimate of drug-likeness (QED) is 0.944. The number of benzene rings is 1. The summed E-state index contributed by atoms with van der Waals surface area (Å²) in [6.07, 6.45) is 0. The highest BCUT2D eigenvalue weighted by atomic mass is 32.2. The normalized spacial score (nSPS) is 11.0. The van der Waals surface area contributed by atoms with Crippen molar-refractivity contribution in [2.75, 3.05) is 4.72 Å². The maximum absolute atomic E-state index is 12.4. The molecule has 21 heavy (non-hydrogen) atoms. The van der Waals surface area contributed by atoms with Gasteiger partial charge in [-0.05, 0) is 56.7 Å². The Balaban J connectivity index is 2.39. The van der Waals surface area contributed by atoms with Crippen LogP contribution >= 0.6 is 0 Å². The third kappa shape index (κ3) is 3.20. The van der Waals surface area contributed by atoms with Gasteiger partial charge in [-0.15, -0.1) is 0 Å². The SMILES string of the molecule is Cc1ccc(NS(=O)(=O)c2ccc(C#N)c(C)c2)c(C)n1. The van der Waals surface area contributed by atoms with Crippen LogP contribution in [0.3, 0.4) is 0 Å². The number of sulfonamides is 1. The van der Waals surface area contributed by atoms with E-state index < -0.39 is 10.0 Å². The highest BCUT2D eigenvalue weighted by molar-refractivity contribution is 7.92. The van der Waals surface area contributed by atoms with Gasteiger partial charge in [0.25, 0.3) is 10.0 Å². The Morgan fingerprint density at radius 2 is 1.86 bits per heavy atom. The molecule has 0 fully saturated rings. The molecule has 0 aliphatic heterocycles. The van der Waals surface area contributed by atoms with Gasteiger partial charge in [0.15, 0.2) is 0 Å². The number of hydrogen-bond acceptors (Lipinski definition) is 4. The van der Waals surface area contributed by atoms with E-state index in [0.717, 1.165) is 5.69 Å².